The number of nitrogens with one attached hydrogen (secondary N) is 1. The summed E-state index contributed by atoms with van der Waals surface area (Å²) in [5, 5.41) is 12.8. The van der Waals surface area contributed by atoms with Gasteiger partial charge in [-0.05, 0) is 48.7 Å². The van der Waals surface area contributed by atoms with Crippen molar-refractivity contribution in [2.45, 2.75) is 24.8 Å². The lowest BCUT2D eigenvalue weighted by Crippen LogP contribution is -2.19. The number of hydrogen-bond acceptors (Lipinski definition) is 8. The number of hydrazone groups is 1. The first-order chi connectivity index (χ1) is 14.5. The molecule has 1 amide bonds. The SMILES string of the molecule is COc1cc(C=NNC(=O)CSc2nnc(C)s2)ccc1OCc1ccccc1C. The van der Waals surface area contributed by atoms with Crippen LogP contribution >= 0.6 is 23.1 Å². The van der Waals surface area contributed by atoms with Gasteiger partial charge in [0, 0.05) is 0 Å². The standard InChI is InChI=1S/C21H22N4O3S2/c1-14-6-4-5-7-17(14)12-28-18-9-8-16(10-19(18)27-3)11-22-24-20(26)13-29-21-25-23-15(2)30-21/h4-11H,12-13H2,1-3H3,(H,24,26). The lowest BCUT2D eigenvalue weighted by molar-refractivity contribution is -0.118. The average molecular weight is 443 g/mol. The highest BCUT2D eigenvalue weighted by Crippen LogP contribution is 2.28. The van der Waals surface area contributed by atoms with Gasteiger partial charge in [0.15, 0.2) is 15.8 Å². The van der Waals surface area contributed by atoms with Crippen molar-refractivity contribution in [1.82, 2.24) is 15.6 Å². The Bertz CT molecular complexity index is 1040. The predicted molar refractivity (Wildman–Crippen MR) is 120 cm³/mol. The van der Waals surface area contributed by atoms with Crippen LogP contribution in [0.25, 0.3) is 0 Å². The number of thioether (sulfide) groups is 1. The third kappa shape index (κ3) is 6.30. The summed E-state index contributed by atoms with van der Waals surface area (Å²) in [5.74, 6) is 1.25. The summed E-state index contributed by atoms with van der Waals surface area (Å²) in [6, 6.07) is 13.6. The second-order valence-corrected chi connectivity index (χ2v) is 8.70. The summed E-state index contributed by atoms with van der Waals surface area (Å²) in [5.41, 5.74) is 5.58. The lowest BCUT2D eigenvalue weighted by atomic mass is 10.1. The van der Waals surface area contributed by atoms with Crippen LogP contribution in [0, 0.1) is 13.8 Å². The number of aryl methyl sites for hydroxylation is 2. The molecule has 0 aliphatic rings. The smallest absolute Gasteiger partial charge is 0.250 e. The summed E-state index contributed by atoms with van der Waals surface area (Å²) in [6.45, 7) is 4.38. The van der Waals surface area contributed by atoms with Crippen LogP contribution < -0.4 is 14.9 Å². The van der Waals surface area contributed by atoms with Crippen LogP contribution in [-0.4, -0.2) is 35.2 Å². The molecule has 1 aromatic heterocycles. The minimum atomic E-state index is -0.214. The lowest BCUT2D eigenvalue weighted by Gasteiger charge is -2.12. The highest BCUT2D eigenvalue weighted by Gasteiger charge is 2.08. The fraction of sp³-hybridized carbons (Fsp3) is 0.238. The number of rotatable bonds is 9. The first kappa shape index (κ1) is 21.8. The average Bonchev–Trinajstić information content (AvgIpc) is 3.17. The second-order valence-electron chi connectivity index (χ2n) is 6.29. The molecule has 0 bridgehead atoms. The Labute approximate surface area is 183 Å². The summed E-state index contributed by atoms with van der Waals surface area (Å²) in [6.07, 6.45) is 1.56. The Morgan fingerprint density at radius 3 is 2.77 bits per heavy atom. The van der Waals surface area contributed by atoms with E-state index in [1.54, 1.807) is 13.3 Å². The Hall–Kier alpha value is -2.91. The molecule has 1 heterocycles. The molecule has 3 rings (SSSR count). The number of hydrogen-bond donors (Lipinski definition) is 1. The van der Waals surface area contributed by atoms with Crippen LogP contribution in [0.4, 0.5) is 0 Å². The third-order valence-corrected chi connectivity index (χ3v) is 6.04. The monoisotopic (exact) mass is 442 g/mol. The van der Waals surface area contributed by atoms with Crippen LogP contribution in [0.1, 0.15) is 21.7 Å². The van der Waals surface area contributed by atoms with Crippen LogP contribution in [0.3, 0.4) is 0 Å². The molecule has 9 heteroatoms. The van der Waals surface area contributed by atoms with Crippen LogP contribution in [-0.2, 0) is 11.4 Å². The van der Waals surface area contributed by atoms with Crippen molar-refractivity contribution in [3.05, 3.63) is 64.2 Å². The highest BCUT2D eigenvalue weighted by molar-refractivity contribution is 8.01. The van der Waals surface area contributed by atoms with E-state index in [1.165, 1.54) is 28.7 Å². The largest absolute Gasteiger partial charge is 0.493 e. The zero-order valence-corrected chi connectivity index (χ0v) is 18.5. The number of benzene rings is 2. The van der Waals surface area contributed by atoms with Crippen LogP contribution in [0.15, 0.2) is 51.9 Å². The van der Waals surface area contributed by atoms with Crippen molar-refractivity contribution in [2.24, 2.45) is 5.10 Å². The molecule has 7 nitrogen and oxygen atoms in total. The summed E-state index contributed by atoms with van der Waals surface area (Å²) < 4.78 is 12.1. The quantitative estimate of drug-likeness (QED) is 0.306. The van der Waals surface area contributed by atoms with Crippen molar-refractivity contribution in [2.75, 3.05) is 12.9 Å². The van der Waals surface area contributed by atoms with Gasteiger partial charge in [0.05, 0.1) is 19.1 Å². The molecular weight excluding hydrogens is 420 g/mol. The fourth-order valence-corrected chi connectivity index (χ4v) is 4.09. The molecular formula is C21H22N4O3S2. The number of carbonyl (C=O) groups is 1. The Morgan fingerprint density at radius 1 is 1.20 bits per heavy atom. The molecule has 0 atom stereocenters. The van der Waals surface area contributed by atoms with Gasteiger partial charge in [-0.15, -0.1) is 10.2 Å². The molecule has 0 radical (unpaired) electrons. The summed E-state index contributed by atoms with van der Waals surface area (Å²) >= 11 is 2.79. The molecule has 0 unspecified atom stereocenters. The normalized spacial score (nSPS) is 10.9. The van der Waals surface area contributed by atoms with E-state index in [9.17, 15) is 4.79 Å². The number of nitrogens with zero attached hydrogens (tertiary/aromatic N) is 3. The van der Waals surface area contributed by atoms with E-state index < -0.39 is 0 Å². The van der Waals surface area contributed by atoms with Crippen molar-refractivity contribution < 1.29 is 14.3 Å². The van der Waals surface area contributed by atoms with Crippen molar-refractivity contribution >= 4 is 35.2 Å². The highest BCUT2D eigenvalue weighted by atomic mass is 32.2. The minimum absolute atomic E-state index is 0.214. The summed E-state index contributed by atoms with van der Waals surface area (Å²) in [7, 11) is 1.59. The fourth-order valence-electron chi connectivity index (χ4n) is 2.49. The van der Waals surface area contributed by atoms with Gasteiger partial charge >= 0.3 is 0 Å². The molecule has 156 valence electrons. The van der Waals surface area contributed by atoms with Crippen molar-refractivity contribution in [3.63, 3.8) is 0 Å². The van der Waals surface area contributed by atoms with Gasteiger partial charge < -0.3 is 9.47 Å². The zero-order valence-electron chi connectivity index (χ0n) is 16.9. The Morgan fingerprint density at radius 2 is 2.03 bits per heavy atom. The zero-order chi connectivity index (χ0) is 21.3. The number of methoxy groups -OCH3 is 1. The number of carbonyl (C=O) groups excluding carboxylic acids is 1. The second kappa shape index (κ2) is 10.7. The molecule has 1 N–H and O–H groups in total. The van der Waals surface area contributed by atoms with Crippen molar-refractivity contribution in [1.29, 1.82) is 0 Å². The molecule has 0 aliphatic carbocycles. The Kier molecular flexibility index (Phi) is 7.81. The minimum Gasteiger partial charge on any atom is -0.493 e. The van der Waals surface area contributed by atoms with E-state index in [0.717, 1.165) is 20.5 Å². The first-order valence-corrected chi connectivity index (χ1v) is 11.0. The van der Waals surface area contributed by atoms with E-state index in [-0.39, 0.29) is 11.7 Å². The third-order valence-electron chi connectivity index (χ3n) is 4.07. The topological polar surface area (TPSA) is 85.7 Å². The maximum Gasteiger partial charge on any atom is 0.250 e. The van der Waals surface area contributed by atoms with Gasteiger partial charge in [-0.2, -0.15) is 5.10 Å². The molecule has 0 saturated heterocycles. The van der Waals surface area contributed by atoms with Gasteiger partial charge in [0.25, 0.3) is 5.91 Å². The molecule has 3 aromatic rings. The van der Waals surface area contributed by atoms with E-state index in [1.807, 2.05) is 43.3 Å². The van der Waals surface area contributed by atoms with Gasteiger partial charge in [-0.25, -0.2) is 5.43 Å². The van der Waals surface area contributed by atoms with Gasteiger partial charge in [0.1, 0.15) is 11.6 Å². The number of amides is 1. The first-order valence-electron chi connectivity index (χ1n) is 9.15. The van der Waals surface area contributed by atoms with E-state index >= 15 is 0 Å². The number of aromatic nitrogens is 2. The molecule has 0 saturated carbocycles. The van der Waals surface area contributed by atoms with Gasteiger partial charge in [0.2, 0.25) is 0 Å². The molecule has 0 spiro atoms. The van der Waals surface area contributed by atoms with Crippen LogP contribution in [0.2, 0.25) is 0 Å². The maximum absolute atomic E-state index is 11.9. The molecule has 30 heavy (non-hydrogen) atoms. The number of ether oxygens (including phenoxy) is 2. The van der Waals surface area contributed by atoms with E-state index in [2.05, 4.69) is 33.7 Å². The van der Waals surface area contributed by atoms with Gasteiger partial charge in [-0.3, -0.25) is 4.79 Å². The maximum atomic E-state index is 11.9. The van der Waals surface area contributed by atoms with Crippen molar-refractivity contribution in [3.8, 4) is 11.5 Å². The van der Waals surface area contributed by atoms with Crippen LogP contribution in [0.5, 0.6) is 11.5 Å². The Balaban J connectivity index is 1.53. The van der Waals surface area contributed by atoms with E-state index in [4.69, 9.17) is 9.47 Å². The van der Waals surface area contributed by atoms with E-state index in [0.29, 0.717) is 18.1 Å². The summed E-state index contributed by atoms with van der Waals surface area (Å²) in [4.78, 5) is 11.9. The molecule has 0 fully saturated rings. The molecule has 2 aromatic carbocycles. The predicted octanol–water partition coefficient (Wildman–Crippen LogP) is 3.98. The molecule has 0 aliphatic heterocycles. The van der Waals surface area contributed by atoms with Gasteiger partial charge in [-0.1, -0.05) is 47.4 Å².